The first-order chi connectivity index (χ1) is 9.17. The zero-order chi connectivity index (χ0) is 13.8. The number of carbonyl (C=O) groups is 1. The Labute approximate surface area is 123 Å². The molecule has 0 amide bonds. The van der Waals surface area contributed by atoms with Gasteiger partial charge in [0.05, 0.1) is 23.4 Å². The molecule has 0 atom stereocenters. The first-order valence-corrected chi connectivity index (χ1v) is 7.06. The van der Waals surface area contributed by atoms with Crippen molar-refractivity contribution in [3.63, 3.8) is 0 Å². The molecule has 0 spiro atoms. The molecular formula is C13H11BrClNO3. The Balaban J connectivity index is 2.48. The number of esters is 1. The maximum atomic E-state index is 11.6. The molecule has 0 aliphatic carbocycles. The van der Waals surface area contributed by atoms with E-state index in [0.717, 1.165) is 0 Å². The molecule has 1 aromatic carbocycles. The molecule has 2 aromatic rings. The lowest BCUT2D eigenvalue weighted by atomic mass is 10.2. The van der Waals surface area contributed by atoms with Gasteiger partial charge in [-0.05, 0) is 12.1 Å². The standard InChI is InChI=1S/C13H11BrClNO3/c1-18-13(17)11-10(6-7-14)16-12(19-11)8-4-2-3-5-9(8)15/h2-5H,6-7H2,1H3. The van der Waals surface area contributed by atoms with E-state index >= 15 is 0 Å². The molecule has 6 heteroatoms. The van der Waals surface area contributed by atoms with Crippen molar-refractivity contribution in [3.05, 3.63) is 40.7 Å². The molecule has 19 heavy (non-hydrogen) atoms. The zero-order valence-corrected chi connectivity index (χ0v) is 12.5. The number of ether oxygens (including phenoxy) is 1. The van der Waals surface area contributed by atoms with Gasteiger partial charge in [-0.25, -0.2) is 9.78 Å². The number of oxazole rings is 1. The fourth-order valence-electron chi connectivity index (χ4n) is 1.61. The van der Waals surface area contributed by atoms with E-state index in [0.29, 0.717) is 33.9 Å². The normalized spacial score (nSPS) is 10.5. The first kappa shape index (κ1) is 14.1. The second-order valence-corrected chi connectivity index (χ2v) is 4.91. The van der Waals surface area contributed by atoms with Crippen LogP contribution in [0.1, 0.15) is 16.2 Å². The number of hydrogen-bond acceptors (Lipinski definition) is 4. The Kier molecular flexibility index (Phi) is 4.61. The van der Waals surface area contributed by atoms with Crippen LogP contribution in [0.5, 0.6) is 0 Å². The van der Waals surface area contributed by atoms with Crippen LogP contribution in [0.2, 0.25) is 5.02 Å². The summed E-state index contributed by atoms with van der Waals surface area (Å²) in [5, 5.41) is 1.19. The molecule has 0 saturated carbocycles. The number of hydrogen-bond donors (Lipinski definition) is 0. The summed E-state index contributed by atoms with van der Waals surface area (Å²) >= 11 is 9.40. The zero-order valence-electron chi connectivity index (χ0n) is 10.2. The molecule has 0 aliphatic heterocycles. The van der Waals surface area contributed by atoms with Crippen LogP contribution in [-0.2, 0) is 11.2 Å². The summed E-state index contributed by atoms with van der Waals surface area (Å²) in [5.41, 5.74) is 1.20. The van der Waals surface area contributed by atoms with E-state index in [4.69, 9.17) is 16.0 Å². The van der Waals surface area contributed by atoms with Gasteiger partial charge >= 0.3 is 5.97 Å². The van der Waals surface area contributed by atoms with Gasteiger partial charge in [-0.2, -0.15) is 0 Å². The SMILES string of the molecule is COC(=O)c1oc(-c2ccccc2Cl)nc1CCBr. The monoisotopic (exact) mass is 343 g/mol. The lowest BCUT2D eigenvalue weighted by Crippen LogP contribution is -2.04. The van der Waals surface area contributed by atoms with Crippen molar-refractivity contribution < 1.29 is 13.9 Å². The van der Waals surface area contributed by atoms with E-state index < -0.39 is 5.97 Å². The molecular weight excluding hydrogens is 334 g/mol. The van der Waals surface area contributed by atoms with Gasteiger partial charge in [0, 0.05) is 11.8 Å². The van der Waals surface area contributed by atoms with Crippen molar-refractivity contribution in [2.45, 2.75) is 6.42 Å². The van der Waals surface area contributed by atoms with Gasteiger partial charge in [0.1, 0.15) is 0 Å². The Morgan fingerprint density at radius 1 is 1.47 bits per heavy atom. The van der Waals surface area contributed by atoms with Crippen LogP contribution in [0.3, 0.4) is 0 Å². The summed E-state index contributed by atoms with van der Waals surface area (Å²) < 4.78 is 10.2. The van der Waals surface area contributed by atoms with Crippen molar-refractivity contribution in [1.29, 1.82) is 0 Å². The van der Waals surface area contributed by atoms with E-state index in [1.165, 1.54) is 7.11 Å². The number of aromatic nitrogens is 1. The molecule has 2 rings (SSSR count). The number of halogens is 2. The van der Waals surface area contributed by atoms with Gasteiger partial charge < -0.3 is 9.15 Å². The molecule has 0 unspecified atom stereocenters. The highest BCUT2D eigenvalue weighted by Crippen LogP contribution is 2.29. The second-order valence-electron chi connectivity index (χ2n) is 3.71. The number of aryl methyl sites for hydroxylation is 1. The minimum absolute atomic E-state index is 0.122. The number of methoxy groups -OCH3 is 1. The molecule has 0 fully saturated rings. The van der Waals surface area contributed by atoms with Gasteiger partial charge in [0.25, 0.3) is 0 Å². The highest BCUT2D eigenvalue weighted by molar-refractivity contribution is 9.09. The summed E-state index contributed by atoms with van der Waals surface area (Å²) in [5.74, 6) is -0.0967. The summed E-state index contributed by atoms with van der Waals surface area (Å²) in [4.78, 5) is 16.0. The second kappa shape index (κ2) is 6.21. The summed E-state index contributed by atoms with van der Waals surface area (Å²) in [6, 6.07) is 7.17. The van der Waals surface area contributed by atoms with Crippen LogP contribution in [0, 0.1) is 0 Å². The van der Waals surface area contributed by atoms with Crippen molar-refractivity contribution >= 4 is 33.5 Å². The average molecular weight is 345 g/mol. The third kappa shape index (κ3) is 2.98. The van der Waals surface area contributed by atoms with Crippen LogP contribution in [-0.4, -0.2) is 23.4 Å². The smallest absolute Gasteiger partial charge is 0.376 e. The van der Waals surface area contributed by atoms with Crippen LogP contribution in [0.15, 0.2) is 28.7 Å². The maximum absolute atomic E-state index is 11.6. The molecule has 0 bridgehead atoms. The largest absolute Gasteiger partial charge is 0.463 e. The van der Waals surface area contributed by atoms with E-state index in [-0.39, 0.29) is 5.76 Å². The van der Waals surface area contributed by atoms with Crippen LogP contribution in [0.25, 0.3) is 11.5 Å². The molecule has 1 aromatic heterocycles. The van der Waals surface area contributed by atoms with Crippen LogP contribution >= 0.6 is 27.5 Å². The van der Waals surface area contributed by atoms with Crippen molar-refractivity contribution in [2.75, 3.05) is 12.4 Å². The van der Waals surface area contributed by atoms with Crippen molar-refractivity contribution in [3.8, 4) is 11.5 Å². The van der Waals surface area contributed by atoms with Gasteiger partial charge in [-0.1, -0.05) is 39.7 Å². The lowest BCUT2D eigenvalue weighted by Gasteiger charge is -1.97. The number of alkyl halides is 1. The minimum atomic E-state index is -0.540. The minimum Gasteiger partial charge on any atom is -0.463 e. The molecule has 100 valence electrons. The van der Waals surface area contributed by atoms with E-state index in [1.54, 1.807) is 12.1 Å². The van der Waals surface area contributed by atoms with Crippen LogP contribution in [0.4, 0.5) is 0 Å². The fraction of sp³-hybridized carbons (Fsp3) is 0.231. The third-order valence-corrected chi connectivity index (χ3v) is 3.23. The number of benzene rings is 1. The summed E-state index contributed by atoms with van der Waals surface area (Å²) in [6.45, 7) is 0. The first-order valence-electron chi connectivity index (χ1n) is 5.56. The van der Waals surface area contributed by atoms with Gasteiger partial charge in [-0.15, -0.1) is 0 Å². The lowest BCUT2D eigenvalue weighted by molar-refractivity contribution is 0.0564. The molecule has 0 radical (unpaired) electrons. The summed E-state index contributed by atoms with van der Waals surface area (Å²) in [7, 11) is 1.30. The Morgan fingerprint density at radius 3 is 2.84 bits per heavy atom. The highest BCUT2D eigenvalue weighted by atomic mass is 79.9. The molecule has 0 saturated heterocycles. The van der Waals surface area contributed by atoms with Gasteiger partial charge in [-0.3, -0.25) is 0 Å². The van der Waals surface area contributed by atoms with Crippen molar-refractivity contribution in [1.82, 2.24) is 4.98 Å². The van der Waals surface area contributed by atoms with E-state index in [1.807, 2.05) is 12.1 Å². The van der Waals surface area contributed by atoms with Crippen molar-refractivity contribution in [2.24, 2.45) is 0 Å². The molecule has 4 nitrogen and oxygen atoms in total. The fourth-order valence-corrected chi connectivity index (χ4v) is 2.20. The predicted molar refractivity (Wildman–Crippen MR) is 75.8 cm³/mol. The molecule has 1 heterocycles. The van der Waals surface area contributed by atoms with Gasteiger partial charge in [0.15, 0.2) is 0 Å². The number of nitrogens with zero attached hydrogens (tertiary/aromatic N) is 1. The number of rotatable bonds is 4. The van der Waals surface area contributed by atoms with E-state index in [9.17, 15) is 4.79 Å². The Bertz CT molecular complexity index is 597. The predicted octanol–water partition coefficient (Wildman–Crippen LogP) is 3.72. The topological polar surface area (TPSA) is 52.3 Å². The van der Waals surface area contributed by atoms with E-state index in [2.05, 4.69) is 25.7 Å². The quantitative estimate of drug-likeness (QED) is 0.626. The molecule has 0 aliphatic rings. The van der Waals surface area contributed by atoms with Gasteiger partial charge in [0.2, 0.25) is 11.7 Å². The molecule has 0 N–H and O–H groups in total. The van der Waals surface area contributed by atoms with Crippen LogP contribution < -0.4 is 0 Å². The summed E-state index contributed by atoms with van der Waals surface area (Å²) in [6.07, 6.45) is 0.568. The number of carbonyl (C=O) groups excluding carboxylic acids is 1. The maximum Gasteiger partial charge on any atom is 0.376 e. The third-order valence-electron chi connectivity index (χ3n) is 2.50. The Morgan fingerprint density at radius 2 is 2.21 bits per heavy atom. The highest BCUT2D eigenvalue weighted by Gasteiger charge is 2.21. The average Bonchev–Trinajstić information content (AvgIpc) is 2.83. The Hall–Kier alpha value is -1.33.